The largest absolute Gasteiger partial charge is 0.465 e. The molecule has 3 N–H and O–H groups in total. The summed E-state index contributed by atoms with van der Waals surface area (Å²) >= 11 is 0. The SMILES string of the molecule is COC(=O)c1c(C)[nH]c(C(=O)Nc2ccccc2-c2nc(-c3ccccc3)n[nH]2)c1C. The van der Waals surface area contributed by atoms with Crippen molar-refractivity contribution in [1.29, 1.82) is 0 Å². The first-order valence-corrected chi connectivity index (χ1v) is 9.65. The molecule has 2 heterocycles. The van der Waals surface area contributed by atoms with Crippen LogP contribution in [-0.2, 0) is 4.74 Å². The second-order valence-electron chi connectivity index (χ2n) is 6.99. The summed E-state index contributed by atoms with van der Waals surface area (Å²) in [6.07, 6.45) is 0. The van der Waals surface area contributed by atoms with Crippen molar-refractivity contribution >= 4 is 17.6 Å². The lowest BCUT2D eigenvalue weighted by molar-refractivity contribution is 0.0599. The minimum Gasteiger partial charge on any atom is -0.465 e. The monoisotopic (exact) mass is 415 g/mol. The highest BCUT2D eigenvalue weighted by molar-refractivity contribution is 6.08. The molecule has 0 spiro atoms. The van der Waals surface area contributed by atoms with E-state index in [0.29, 0.717) is 45.4 Å². The third kappa shape index (κ3) is 3.83. The van der Waals surface area contributed by atoms with Crippen LogP contribution in [0.25, 0.3) is 22.8 Å². The van der Waals surface area contributed by atoms with Crippen molar-refractivity contribution in [2.75, 3.05) is 12.4 Å². The van der Waals surface area contributed by atoms with Crippen LogP contribution in [0.2, 0.25) is 0 Å². The minimum absolute atomic E-state index is 0.301. The molecule has 4 aromatic rings. The number of aromatic amines is 2. The highest BCUT2D eigenvalue weighted by Crippen LogP contribution is 2.28. The summed E-state index contributed by atoms with van der Waals surface area (Å²) in [5.74, 6) is 0.242. The number of nitrogens with one attached hydrogen (secondary N) is 3. The molecule has 0 saturated heterocycles. The molecule has 0 aliphatic carbocycles. The van der Waals surface area contributed by atoms with E-state index < -0.39 is 5.97 Å². The lowest BCUT2D eigenvalue weighted by Gasteiger charge is -2.09. The van der Waals surface area contributed by atoms with Gasteiger partial charge in [0.05, 0.1) is 18.4 Å². The average Bonchev–Trinajstić information content (AvgIpc) is 3.39. The number of carbonyl (C=O) groups is 2. The number of nitrogens with zero attached hydrogens (tertiary/aromatic N) is 2. The number of amides is 1. The number of carbonyl (C=O) groups excluding carboxylic acids is 2. The van der Waals surface area contributed by atoms with Crippen molar-refractivity contribution in [3.05, 3.63) is 77.1 Å². The molecule has 0 aliphatic rings. The number of hydrogen-bond acceptors (Lipinski definition) is 5. The number of anilines is 1. The van der Waals surface area contributed by atoms with E-state index in [2.05, 4.69) is 25.5 Å². The van der Waals surface area contributed by atoms with Crippen molar-refractivity contribution in [2.24, 2.45) is 0 Å². The molecule has 0 unspecified atom stereocenters. The first-order valence-electron chi connectivity index (χ1n) is 9.65. The van der Waals surface area contributed by atoms with Gasteiger partial charge in [-0.15, -0.1) is 0 Å². The number of methoxy groups -OCH3 is 1. The normalized spacial score (nSPS) is 10.7. The van der Waals surface area contributed by atoms with Crippen molar-refractivity contribution in [3.63, 3.8) is 0 Å². The number of ether oxygens (including phenoxy) is 1. The Morgan fingerprint density at radius 1 is 1.00 bits per heavy atom. The van der Waals surface area contributed by atoms with E-state index in [1.165, 1.54) is 7.11 Å². The summed E-state index contributed by atoms with van der Waals surface area (Å²) in [5, 5.41) is 10.1. The number of para-hydroxylation sites is 1. The van der Waals surface area contributed by atoms with E-state index in [1.807, 2.05) is 48.5 Å². The number of H-pyrrole nitrogens is 2. The molecular weight excluding hydrogens is 394 g/mol. The van der Waals surface area contributed by atoms with E-state index in [0.717, 1.165) is 5.56 Å². The Morgan fingerprint density at radius 2 is 1.71 bits per heavy atom. The van der Waals surface area contributed by atoms with Crippen LogP contribution in [0.5, 0.6) is 0 Å². The third-order valence-electron chi connectivity index (χ3n) is 5.00. The Hall–Kier alpha value is -4.20. The number of benzene rings is 2. The highest BCUT2D eigenvalue weighted by Gasteiger charge is 2.23. The number of esters is 1. The van der Waals surface area contributed by atoms with E-state index >= 15 is 0 Å². The van der Waals surface area contributed by atoms with Gasteiger partial charge in [-0.1, -0.05) is 42.5 Å². The van der Waals surface area contributed by atoms with E-state index in [1.54, 1.807) is 19.9 Å². The molecule has 0 radical (unpaired) electrons. The lowest BCUT2D eigenvalue weighted by Crippen LogP contribution is -2.15. The molecule has 8 nitrogen and oxygen atoms in total. The molecule has 2 aromatic carbocycles. The molecule has 0 atom stereocenters. The van der Waals surface area contributed by atoms with Gasteiger partial charge >= 0.3 is 5.97 Å². The molecule has 8 heteroatoms. The van der Waals surface area contributed by atoms with E-state index in [-0.39, 0.29) is 5.91 Å². The van der Waals surface area contributed by atoms with Gasteiger partial charge < -0.3 is 15.0 Å². The van der Waals surface area contributed by atoms with Gasteiger partial charge in [-0.3, -0.25) is 9.89 Å². The highest BCUT2D eigenvalue weighted by atomic mass is 16.5. The second kappa shape index (κ2) is 8.27. The van der Waals surface area contributed by atoms with Crippen molar-refractivity contribution < 1.29 is 14.3 Å². The van der Waals surface area contributed by atoms with E-state index in [4.69, 9.17) is 4.74 Å². The first kappa shape index (κ1) is 20.1. The summed E-state index contributed by atoms with van der Waals surface area (Å²) in [5.41, 5.74) is 3.92. The van der Waals surface area contributed by atoms with Crippen LogP contribution in [0.15, 0.2) is 54.6 Å². The lowest BCUT2D eigenvalue weighted by atomic mass is 10.1. The number of rotatable bonds is 5. The van der Waals surface area contributed by atoms with Gasteiger partial charge in [-0.05, 0) is 31.5 Å². The van der Waals surface area contributed by atoms with Crippen LogP contribution in [0.1, 0.15) is 32.1 Å². The summed E-state index contributed by atoms with van der Waals surface area (Å²) in [6, 6.07) is 16.9. The van der Waals surface area contributed by atoms with Gasteiger partial charge in [-0.2, -0.15) is 5.10 Å². The maximum atomic E-state index is 13.0. The van der Waals surface area contributed by atoms with E-state index in [9.17, 15) is 9.59 Å². The molecule has 31 heavy (non-hydrogen) atoms. The Bertz CT molecular complexity index is 1260. The van der Waals surface area contributed by atoms with Gasteiger partial charge in [0.25, 0.3) is 5.91 Å². The van der Waals surface area contributed by atoms with Crippen LogP contribution in [0.3, 0.4) is 0 Å². The maximum Gasteiger partial charge on any atom is 0.339 e. The molecule has 0 aliphatic heterocycles. The summed E-state index contributed by atoms with van der Waals surface area (Å²) in [7, 11) is 1.31. The summed E-state index contributed by atoms with van der Waals surface area (Å²) < 4.78 is 4.82. The van der Waals surface area contributed by atoms with Gasteiger partial charge in [0, 0.05) is 16.8 Å². The summed E-state index contributed by atoms with van der Waals surface area (Å²) in [4.78, 5) is 32.6. The molecule has 0 saturated carbocycles. The number of aryl methyl sites for hydroxylation is 1. The molecule has 156 valence electrons. The van der Waals surface area contributed by atoms with Gasteiger partial charge in [0.1, 0.15) is 5.69 Å². The fourth-order valence-corrected chi connectivity index (χ4v) is 3.47. The Morgan fingerprint density at radius 3 is 2.45 bits per heavy atom. The quantitative estimate of drug-likeness (QED) is 0.424. The zero-order valence-corrected chi connectivity index (χ0v) is 17.3. The van der Waals surface area contributed by atoms with Crippen LogP contribution in [0, 0.1) is 13.8 Å². The maximum absolute atomic E-state index is 13.0. The molecule has 2 aromatic heterocycles. The van der Waals surface area contributed by atoms with Crippen LogP contribution >= 0.6 is 0 Å². The van der Waals surface area contributed by atoms with Crippen LogP contribution in [0.4, 0.5) is 5.69 Å². The molecule has 4 rings (SSSR count). The van der Waals surface area contributed by atoms with Crippen LogP contribution in [-0.4, -0.2) is 39.2 Å². The fraction of sp³-hybridized carbons (Fsp3) is 0.130. The zero-order chi connectivity index (χ0) is 22.0. The number of hydrogen-bond donors (Lipinski definition) is 3. The first-order chi connectivity index (χ1) is 15.0. The molecular formula is C23H21N5O3. The van der Waals surface area contributed by atoms with Gasteiger partial charge in [-0.25, -0.2) is 9.78 Å². The molecule has 1 amide bonds. The van der Waals surface area contributed by atoms with Crippen molar-refractivity contribution in [3.8, 4) is 22.8 Å². The second-order valence-corrected chi connectivity index (χ2v) is 6.99. The third-order valence-corrected chi connectivity index (χ3v) is 5.00. The molecule has 0 bridgehead atoms. The fourth-order valence-electron chi connectivity index (χ4n) is 3.47. The predicted octanol–water partition coefficient (Wildman–Crippen LogP) is 4.12. The minimum atomic E-state index is -0.485. The Kier molecular flexibility index (Phi) is 5.36. The average molecular weight is 415 g/mol. The predicted molar refractivity (Wildman–Crippen MR) is 117 cm³/mol. The van der Waals surface area contributed by atoms with Gasteiger partial charge in [0.15, 0.2) is 11.6 Å². The van der Waals surface area contributed by atoms with Crippen molar-refractivity contribution in [2.45, 2.75) is 13.8 Å². The van der Waals surface area contributed by atoms with Crippen molar-refractivity contribution in [1.82, 2.24) is 20.2 Å². The summed E-state index contributed by atoms with van der Waals surface area (Å²) in [6.45, 7) is 3.43. The zero-order valence-electron chi connectivity index (χ0n) is 17.3. The Balaban J connectivity index is 1.64. The smallest absolute Gasteiger partial charge is 0.339 e. The Labute approximate surface area is 178 Å². The number of aromatic nitrogens is 4. The molecule has 0 fully saturated rings. The van der Waals surface area contributed by atoms with Crippen LogP contribution < -0.4 is 5.32 Å². The topological polar surface area (TPSA) is 113 Å². The van der Waals surface area contributed by atoms with Gasteiger partial charge in [0.2, 0.25) is 0 Å². The standard InChI is InChI=1S/C23H21N5O3/c1-13-18(23(30)31-3)14(2)24-19(13)22(29)25-17-12-8-7-11-16(17)21-26-20(27-28-21)15-9-5-4-6-10-15/h4-12,24H,1-3H3,(H,25,29)(H,26,27,28).